The van der Waals surface area contributed by atoms with Gasteiger partial charge in [-0.1, -0.05) is 36.9 Å². The molecular weight excluding hydrogens is 544 g/mol. The zero-order chi connectivity index (χ0) is 29.6. The molecule has 0 saturated carbocycles. The van der Waals surface area contributed by atoms with Crippen LogP contribution in [0.1, 0.15) is 53.6 Å². The van der Waals surface area contributed by atoms with Crippen molar-refractivity contribution in [3.8, 4) is 11.5 Å². The van der Waals surface area contributed by atoms with Crippen LogP contribution in [-0.4, -0.2) is 73.5 Å². The molecule has 1 saturated heterocycles. The Morgan fingerprint density at radius 1 is 1.17 bits per heavy atom. The number of anilines is 1. The second-order valence-electron chi connectivity index (χ2n) is 10.4. The van der Waals surface area contributed by atoms with Crippen molar-refractivity contribution in [2.75, 3.05) is 31.8 Å². The minimum atomic E-state index is -0.947. The Kier molecular flexibility index (Phi) is 9.28. The molecule has 42 heavy (non-hydrogen) atoms. The first kappa shape index (κ1) is 29.4. The fourth-order valence-electron chi connectivity index (χ4n) is 5.61. The van der Waals surface area contributed by atoms with E-state index in [1.807, 2.05) is 24.3 Å². The van der Waals surface area contributed by atoms with Crippen LogP contribution >= 0.6 is 0 Å². The van der Waals surface area contributed by atoms with Gasteiger partial charge in [0.1, 0.15) is 6.61 Å². The lowest BCUT2D eigenvalue weighted by molar-refractivity contribution is -0.197. The lowest BCUT2D eigenvalue weighted by atomic mass is 9.92. The average Bonchev–Trinajstić information content (AvgIpc) is 3.09. The van der Waals surface area contributed by atoms with Crippen molar-refractivity contribution in [3.63, 3.8) is 0 Å². The SMILES string of the molecule is C=CCOC(=O)N1c2cc(OCCCC(=O)O)c(OC)cc2C(=O)N2Cc3ccccc3C[C@H]2C1OC1CCCCO1. The van der Waals surface area contributed by atoms with Gasteiger partial charge in [0.25, 0.3) is 5.91 Å². The number of carbonyl (C=O) groups is 3. The highest BCUT2D eigenvalue weighted by Crippen LogP contribution is 2.42. The molecule has 0 aromatic heterocycles. The largest absolute Gasteiger partial charge is 0.493 e. The number of hydrogen-bond donors (Lipinski definition) is 1. The number of ether oxygens (including phenoxy) is 5. The maximum atomic E-state index is 14.3. The third-order valence-corrected chi connectivity index (χ3v) is 7.65. The maximum Gasteiger partial charge on any atom is 0.416 e. The highest BCUT2D eigenvalue weighted by molar-refractivity contribution is 6.06. The van der Waals surface area contributed by atoms with Crippen molar-refractivity contribution in [2.24, 2.45) is 0 Å². The van der Waals surface area contributed by atoms with E-state index < -0.39 is 30.6 Å². The van der Waals surface area contributed by atoms with Crippen LogP contribution in [0.2, 0.25) is 0 Å². The van der Waals surface area contributed by atoms with Crippen LogP contribution < -0.4 is 14.4 Å². The standard InChI is InChI=1S/C31H36N2O9/c1-3-13-41-31(37)33-23-18-26(39-15-8-11-27(34)35)25(38-2)17-22(23)29(36)32-19-21-10-5-4-9-20(21)16-24(32)30(33)42-28-12-6-7-14-40-28/h3-5,9-10,17-18,24,28,30H,1,6-8,11-16,19H2,2H3,(H,34,35)/t24-,28?,30?/m0/s1. The van der Waals surface area contributed by atoms with Gasteiger partial charge in [0.05, 0.1) is 31.0 Å². The average molecular weight is 581 g/mol. The molecule has 1 N–H and O–H groups in total. The number of rotatable bonds is 10. The van der Waals surface area contributed by atoms with Crippen molar-refractivity contribution in [3.05, 3.63) is 65.7 Å². The molecule has 3 atom stereocenters. The van der Waals surface area contributed by atoms with E-state index in [1.165, 1.54) is 18.1 Å². The van der Waals surface area contributed by atoms with Crippen molar-refractivity contribution >= 4 is 23.7 Å². The number of fused-ring (bicyclic) bond motifs is 3. The molecular formula is C31H36N2O9. The van der Waals surface area contributed by atoms with Gasteiger partial charge in [-0.15, -0.1) is 0 Å². The molecule has 3 aliphatic rings. The summed E-state index contributed by atoms with van der Waals surface area (Å²) in [7, 11) is 1.45. The van der Waals surface area contributed by atoms with E-state index >= 15 is 0 Å². The predicted molar refractivity (Wildman–Crippen MR) is 152 cm³/mol. The molecule has 2 aromatic rings. The minimum Gasteiger partial charge on any atom is -0.493 e. The number of amides is 2. The smallest absolute Gasteiger partial charge is 0.416 e. The Morgan fingerprint density at radius 2 is 1.98 bits per heavy atom. The Bertz CT molecular complexity index is 1320. The number of methoxy groups -OCH3 is 1. The Hall–Kier alpha value is -4.09. The molecule has 3 heterocycles. The molecule has 1 fully saturated rings. The fraction of sp³-hybridized carbons (Fsp3) is 0.452. The Morgan fingerprint density at radius 3 is 2.69 bits per heavy atom. The highest BCUT2D eigenvalue weighted by atomic mass is 16.7. The summed E-state index contributed by atoms with van der Waals surface area (Å²) in [6, 6.07) is 10.5. The summed E-state index contributed by atoms with van der Waals surface area (Å²) in [5, 5.41) is 9.02. The zero-order valence-electron chi connectivity index (χ0n) is 23.7. The van der Waals surface area contributed by atoms with Crippen LogP contribution in [0.25, 0.3) is 0 Å². The number of carboxylic acid groups (broad SMARTS) is 1. The number of carbonyl (C=O) groups excluding carboxylic acids is 2. The van der Waals surface area contributed by atoms with E-state index in [1.54, 1.807) is 17.0 Å². The number of aliphatic carboxylic acids is 1. The topological polar surface area (TPSA) is 124 Å². The Labute approximate surface area is 244 Å². The van der Waals surface area contributed by atoms with E-state index in [2.05, 4.69) is 6.58 Å². The third kappa shape index (κ3) is 6.22. The van der Waals surface area contributed by atoms with Crippen molar-refractivity contribution in [1.82, 2.24) is 4.90 Å². The van der Waals surface area contributed by atoms with Crippen LogP contribution in [0.5, 0.6) is 11.5 Å². The summed E-state index contributed by atoms with van der Waals surface area (Å²) >= 11 is 0. The molecule has 224 valence electrons. The zero-order valence-corrected chi connectivity index (χ0v) is 23.7. The van der Waals surface area contributed by atoms with Gasteiger partial charge in [0.2, 0.25) is 0 Å². The second kappa shape index (κ2) is 13.3. The van der Waals surface area contributed by atoms with Crippen LogP contribution in [0, 0.1) is 0 Å². The minimum absolute atomic E-state index is 0.0445. The molecule has 0 bridgehead atoms. The summed E-state index contributed by atoms with van der Waals surface area (Å²) in [5.41, 5.74) is 2.54. The summed E-state index contributed by atoms with van der Waals surface area (Å²) in [6.07, 6.45) is 2.36. The lowest BCUT2D eigenvalue weighted by Gasteiger charge is -2.43. The van der Waals surface area contributed by atoms with Gasteiger partial charge in [0.15, 0.2) is 24.0 Å². The summed E-state index contributed by atoms with van der Waals surface area (Å²) in [5.74, 6) is -0.693. The van der Waals surface area contributed by atoms with E-state index in [9.17, 15) is 14.4 Å². The monoisotopic (exact) mass is 580 g/mol. The van der Waals surface area contributed by atoms with Gasteiger partial charge in [-0.2, -0.15) is 0 Å². The van der Waals surface area contributed by atoms with Gasteiger partial charge in [-0.25, -0.2) is 9.69 Å². The first-order chi connectivity index (χ1) is 20.4. The lowest BCUT2D eigenvalue weighted by Crippen LogP contribution is -2.58. The molecule has 3 aliphatic heterocycles. The van der Waals surface area contributed by atoms with Crippen LogP contribution in [0.3, 0.4) is 0 Å². The normalized spacial score (nSPS) is 21.4. The molecule has 5 rings (SSSR count). The molecule has 0 aliphatic carbocycles. The summed E-state index contributed by atoms with van der Waals surface area (Å²) in [4.78, 5) is 42.2. The van der Waals surface area contributed by atoms with Crippen LogP contribution in [0.15, 0.2) is 49.1 Å². The second-order valence-corrected chi connectivity index (χ2v) is 10.4. The molecule has 11 heteroatoms. The summed E-state index contributed by atoms with van der Waals surface area (Å²) in [6.45, 7) is 4.58. The van der Waals surface area contributed by atoms with E-state index in [4.69, 9.17) is 28.8 Å². The predicted octanol–water partition coefficient (Wildman–Crippen LogP) is 4.52. The Balaban J connectivity index is 1.62. The molecule has 2 unspecified atom stereocenters. The van der Waals surface area contributed by atoms with Crippen LogP contribution in [0.4, 0.5) is 10.5 Å². The van der Waals surface area contributed by atoms with E-state index in [0.717, 1.165) is 24.0 Å². The summed E-state index contributed by atoms with van der Waals surface area (Å²) < 4.78 is 29.5. The van der Waals surface area contributed by atoms with Crippen molar-refractivity contribution in [1.29, 1.82) is 0 Å². The molecule has 2 amide bonds. The van der Waals surface area contributed by atoms with Crippen molar-refractivity contribution in [2.45, 2.75) is 63.6 Å². The molecule has 2 aromatic carbocycles. The first-order valence-corrected chi connectivity index (χ1v) is 14.2. The molecule has 0 spiro atoms. The van der Waals surface area contributed by atoms with Gasteiger partial charge in [-0.3, -0.25) is 9.59 Å². The van der Waals surface area contributed by atoms with Gasteiger partial charge in [-0.05, 0) is 49.3 Å². The molecule has 0 radical (unpaired) electrons. The van der Waals surface area contributed by atoms with Crippen molar-refractivity contribution < 1.29 is 43.2 Å². The number of benzene rings is 2. The number of hydrogen-bond acceptors (Lipinski definition) is 8. The highest BCUT2D eigenvalue weighted by Gasteiger charge is 2.47. The fourth-order valence-corrected chi connectivity index (χ4v) is 5.61. The third-order valence-electron chi connectivity index (χ3n) is 7.65. The maximum absolute atomic E-state index is 14.3. The quantitative estimate of drug-likeness (QED) is 0.319. The van der Waals surface area contributed by atoms with Crippen LogP contribution in [-0.2, 0) is 32.0 Å². The van der Waals surface area contributed by atoms with Gasteiger partial charge < -0.3 is 33.7 Å². The van der Waals surface area contributed by atoms with Gasteiger partial charge in [0, 0.05) is 25.6 Å². The number of nitrogens with zero attached hydrogens (tertiary/aromatic N) is 2. The first-order valence-electron chi connectivity index (χ1n) is 14.2. The van der Waals surface area contributed by atoms with E-state index in [0.29, 0.717) is 26.0 Å². The van der Waals surface area contributed by atoms with E-state index in [-0.39, 0.29) is 54.7 Å². The molecule has 11 nitrogen and oxygen atoms in total. The van der Waals surface area contributed by atoms with Gasteiger partial charge >= 0.3 is 12.1 Å². The number of carboxylic acids is 1.